The molecule has 1 unspecified atom stereocenters. The first-order valence-corrected chi connectivity index (χ1v) is 6.83. The Morgan fingerprint density at radius 1 is 1.39 bits per heavy atom. The largest absolute Gasteiger partial charge is 0.337 e. The maximum Gasteiger partial charge on any atom is 0.243 e. The molecule has 18 heavy (non-hydrogen) atoms. The topological polar surface area (TPSA) is 51.0 Å². The number of rotatable bonds is 5. The van der Waals surface area contributed by atoms with Crippen LogP contribution in [0.1, 0.15) is 32.2 Å². The first-order chi connectivity index (χ1) is 8.72. The molecular weight excluding hydrogens is 294 g/mol. The van der Waals surface area contributed by atoms with Crippen LogP contribution in [-0.4, -0.2) is 16.7 Å². The SMILES string of the molecule is CCCNC(C)c1nc(-c2ccccc2Br)no1. The van der Waals surface area contributed by atoms with Gasteiger partial charge in [-0.15, -0.1) is 0 Å². The molecule has 1 atom stereocenters. The van der Waals surface area contributed by atoms with Crippen LogP contribution in [0.4, 0.5) is 0 Å². The maximum absolute atomic E-state index is 5.29. The number of benzene rings is 1. The van der Waals surface area contributed by atoms with Crippen LogP contribution >= 0.6 is 15.9 Å². The molecule has 0 aliphatic carbocycles. The van der Waals surface area contributed by atoms with E-state index in [2.05, 4.69) is 38.3 Å². The Bertz CT molecular complexity index is 512. The zero-order valence-electron chi connectivity index (χ0n) is 10.5. The van der Waals surface area contributed by atoms with Gasteiger partial charge in [0.05, 0.1) is 6.04 Å². The molecule has 1 aromatic heterocycles. The molecule has 0 bridgehead atoms. The van der Waals surface area contributed by atoms with Crippen molar-refractivity contribution in [1.29, 1.82) is 0 Å². The van der Waals surface area contributed by atoms with Crippen molar-refractivity contribution in [3.8, 4) is 11.4 Å². The van der Waals surface area contributed by atoms with Gasteiger partial charge >= 0.3 is 0 Å². The first kappa shape index (κ1) is 13.2. The van der Waals surface area contributed by atoms with Crippen LogP contribution in [0.25, 0.3) is 11.4 Å². The second kappa shape index (κ2) is 6.11. The number of nitrogens with one attached hydrogen (secondary N) is 1. The second-order valence-electron chi connectivity index (χ2n) is 4.11. The number of aromatic nitrogens is 2. The standard InChI is InChI=1S/C13H16BrN3O/c1-3-8-15-9(2)13-16-12(17-18-13)10-6-4-5-7-11(10)14/h4-7,9,15H,3,8H2,1-2H3. The van der Waals surface area contributed by atoms with E-state index in [4.69, 9.17) is 4.52 Å². The van der Waals surface area contributed by atoms with Gasteiger partial charge in [0.15, 0.2) is 0 Å². The summed E-state index contributed by atoms with van der Waals surface area (Å²) < 4.78 is 6.25. The first-order valence-electron chi connectivity index (χ1n) is 6.04. The van der Waals surface area contributed by atoms with Crippen LogP contribution in [0.5, 0.6) is 0 Å². The molecule has 0 amide bonds. The van der Waals surface area contributed by atoms with Gasteiger partial charge in [-0.05, 0) is 32.0 Å². The van der Waals surface area contributed by atoms with Crippen LogP contribution in [0.2, 0.25) is 0 Å². The molecule has 1 heterocycles. The molecule has 0 aliphatic heterocycles. The zero-order valence-corrected chi connectivity index (χ0v) is 12.1. The minimum atomic E-state index is 0.0775. The highest BCUT2D eigenvalue weighted by Crippen LogP contribution is 2.26. The second-order valence-corrected chi connectivity index (χ2v) is 4.97. The Labute approximate surface area is 115 Å². The summed E-state index contributed by atoms with van der Waals surface area (Å²) in [7, 11) is 0. The van der Waals surface area contributed by atoms with Crippen molar-refractivity contribution < 1.29 is 4.52 Å². The zero-order chi connectivity index (χ0) is 13.0. The highest BCUT2D eigenvalue weighted by molar-refractivity contribution is 9.10. The van der Waals surface area contributed by atoms with E-state index in [1.54, 1.807) is 0 Å². The van der Waals surface area contributed by atoms with Crippen LogP contribution in [0.3, 0.4) is 0 Å². The molecule has 5 heteroatoms. The molecule has 0 spiro atoms. The average molecular weight is 310 g/mol. The highest BCUT2D eigenvalue weighted by Gasteiger charge is 2.15. The molecule has 0 aliphatic rings. The molecule has 2 rings (SSSR count). The summed E-state index contributed by atoms with van der Waals surface area (Å²) in [5.74, 6) is 1.23. The van der Waals surface area contributed by atoms with Crippen molar-refractivity contribution >= 4 is 15.9 Å². The molecule has 2 aromatic rings. The van der Waals surface area contributed by atoms with E-state index in [1.807, 2.05) is 31.2 Å². The van der Waals surface area contributed by atoms with Gasteiger partial charge in [-0.2, -0.15) is 4.98 Å². The number of hydrogen-bond acceptors (Lipinski definition) is 4. The summed E-state index contributed by atoms with van der Waals surface area (Å²) in [6.45, 7) is 5.08. The summed E-state index contributed by atoms with van der Waals surface area (Å²) in [6.07, 6.45) is 1.08. The smallest absolute Gasteiger partial charge is 0.243 e. The predicted octanol–water partition coefficient (Wildman–Crippen LogP) is 3.56. The Kier molecular flexibility index (Phi) is 4.49. The van der Waals surface area contributed by atoms with Crippen molar-refractivity contribution in [2.75, 3.05) is 6.54 Å². The predicted molar refractivity (Wildman–Crippen MR) is 74.1 cm³/mol. The van der Waals surface area contributed by atoms with Gasteiger partial charge in [0, 0.05) is 10.0 Å². The van der Waals surface area contributed by atoms with Gasteiger partial charge in [-0.1, -0.05) is 40.1 Å². The van der Waals surface area contributed by atoms with Crippen LogP contribution in [0, 0.1) is 0 Å². The maximum atomic E-state index is 5.29. The summed E-state index contributed by atoms with van der Waals surface area (Å²) >= 11 is 3.48. The molecule has 0 saturated heterocycles. The van der Waals surface area contributed by atoms with E-state index in [9.17, 15) is 0 Å². The lowest BCUT2D eigenvalue weighted by Gasteiger charge is -2.06. The number of nitrogens with zero attached hydrogens (tertiary/aromatic N) is 2. The lowest BCUT2D eigenvalue weighted by Crippen LogP contribution is -2.19. The average Bonchev–Trinajstić information content (AvgIpc) is 2.86. The quantitative estimate of drug-likeness (QED) is 0.917. The molecule has 0 saturated carbocycles. The monoisotopic (exact) mass is 309 g/mol. The summed E-state index contributed by atoms with van der Waals surface area (Å²) in [5, 5.41) is 7.34. The molecule has 4 nitrogen and oxygen atoms in total. The highest BCUT2D eigenvalue weighted by atomic mass is 79.9. The summed E-state index contributed by atoms with van der Waals surface area (Å²) in [4.78, 5) is 4.42. The Morgan fingerprint density at radius 2 is 2.17 bits per heavy atom. The van der Waals surface area contributed by atoms with Gasteiger partial charge in [0.1, 0.15) is 0 Å². The third kappa shape index (κ3) is 2.97. The Balaban J connectivity index is 2.18. The molecule has 1 N–H and O–H groups in total. The van der Waals surface area contributed by atoms with E-state index >= 15 is 0 Å². The lowest BCUT2D eigenvalue weighted by molar-refractivity contribution is 0.340. The third-order valence-electron chi connectivity index (χ3n) is 2.63. The molecule has 0 radical (unpaired) electrons. The van der Waals surface area contributed by atoms with Gasteiger partial charge in [0.25, 0.3) is 0 Å². The Morgan fingerprint density at radius 3 is 2.89 bits per heavy atom. The minimum absolute atomic E-state index is 0.0775. The molecular formula is C13H16BrN3O. The molecule has 0 fully saturated rings. The molecule has 1 aromatic carbocycles. The van der Waals surface area contributed by atoms with Crippen LogP contribution in [0.15, 0.2) is 33.3 Å². The van der Waals surface area contributed by atoms with Crippen LogP contribution < -0.4 is 5.32 Å². The van der Waals surface area contributed by atoms with E-state index < -0.39 is 0 Å². The van der Waals surface area contributed by atoms with Crippen molar-refractivity contribution in [2.45, 2.75) is 26.3 Å². The van der Waals surface area contributed by atoms with Gasteiger partial charge in [-0.3, -0.25) is 0 Å². The molecule has 96 valence electrons. The lowest BCUT2D eigenvalue weighted by atomic mass is 10.2. The van der Waals surface area contributed by atoms with E-state index in [0.717, 1.165) is 23.0 Å². The normalized spacial score (nSPS) is 12.6. The van der Waals surface area contributed by atoms with Crippen molar-refractivity contribution in [3.63, 3.8) is 0 Å². The van der Waals surface area contributed by atoms with E-state index in [0.29, 0.717) is 11.7 Å². The number of hydrogen-bond donors (Lipinski definition) is 1. The Hall–Kier alpha value is -1.20. The van der Waals surface area contributed by atoms with E-state index in [1.165, 1.54) is 0 Å². The minimum Gasteiger partial charge on any atom is -0.337 e. The fourth-order valence-corrected chi connectivity index (χ4v) is 2.07. The van der Waals surface area contributed by atoms with Gasteiger partial charge in [-0.25, -0.2) is 0 Å². The summed E-state index contributed by atoms with van der Waals surface area (Å²) in [6, 6.07) is 7.91. The van der Waals surface area contributed by atoms with E-state index in [-0.39, 0.29) is 6.04 Å². The van der Waals surface area contributed by atoms with Crippen molar-refractivity contribution in [3.05, 3.63) is 34.6 Å². The third-order valence-corrected chi connectivity index (χ3v) is 3.32. The van der Waals surface area contributed by atoms with Gasteiger partial charge < -0.3 is 9.84 Å². The van der Waals surface area contributed by atoms with Gasteiger partial charge in [0.2, 0.25) is 11.7 Å². The fraction of sp³-hybridized carbons (Fsp3) is 0.385. The van der Waals surface area contributed by atoms with Crippen molar-refractivity contribution in [2.24, 2.45) is 0 Å². The number of halogens is 1. The van der Waals surface area contributed by atoms with Crippen molar-refractivity contribution in [1.82, 2.24) is 15.5 Å². The van der Waals surface area contributed by atoms with Crippen LogP contribution in [-0.2, 0) is 0 Å². The fourth-order valence-electron chi connectivity index (χ4n) is 1.61. The summed E-state index contributed by atoms with van der Waals surface area (Å²) in [5.41, 5.74) is 0.940.